The van der Waals surface area contributed by atoms with Crippen molar-refractivity contribution in [3.05, 3.63) is 15.6 Å². The number of hydrogen-bond acceptors (Lipinski definition) is 4. The van der Waals surface area contributed by atoms with E-state index in [1.54, 1.807) is 11.3 Å². The highest BCUT2D eigenvalue weighted by molar-refractivity contribution is 7.11. The van der Waals surface area contributed by atoms with E-state index in [-0.39, 0.29) is 5.97 Å². The van der Waals surface area contributed by atoms with E-state index in [1.165, 1.54) is 37.8 Å². The summed E-state index contributed by atoms with van der Waals surface area (Å²) >= 11 is 1.69. The SMILES string of the molecule is COC(=O)Cc1sc(C2CCCC2)nc1C. The normalized spacial score (nSPS) is 16.6. The molecule has 0 N–H and O–H groups in total. The zero-order valence-corrected chi connectivity index (χ0v) is 10.6. The molecule has 0 saturated heterocycles. The lowest BCUT2D eigenvalue weighted by atomic mass is 10.1. The molecule has 0 unspecified atom stereocenters. The van der Waals surface area contributed by atoms with Gasteiger partial charge in [0.15, 0.2) is 0 Å². The van der Waals surface area contributed by atoms with Crippen molar-refractivity contribution >= 4 is 17.3 Å². The van der Waals surface area contributed by atoms with E-state index < -0.39 is 0 Å². The van der Waals surface area contributed by atoms with Crippen molar-refractivity contribution in [2.45, 2.75) is 44.9 Å². The monoisotopic (exact) mass is 239 g/mol. The van der Waals surface area contributed by atoms with E-state index in [2.05, 4.69) is 9.72 Å². The van der Waals surface area contributed by atoms with Crippen LogP contribution in [0.2, 0.25) is 0 Å². The first-order chi connectivity index (χ1) is 7.70. The van der Waals surface area contributed by atoms with Crippen LogP contribution >= 0.6 is 11.3 Å². The first-order valence-corrected chi connectivity index (χ1v) is 6.55. The zero-order valence-electron chi connectivity index (χ0n) is 9.78. The summed E-state index contributed by atoms with van der Waals surface area (Å²) in [6.07, 6.45) is 5.51. The molecule has 16 heavy (non-hydrogen) atoms. The van der Waals surface area contributed by atoms with Gasteiger partial charge in [-0.05, 0) is 19.8 Å². The molecule has 0 atom stereocenters. The summed E-state index contributed by atoms with van der Waals surface area (Å²) in [5.74, 6) is 0.458. The molecule has 2 rings (SSSR count). The van der Waals surface area contributed by atoms with Crippen LogP contribution in [0, 0.1) is 6.92 Å². The Morgan fingerprint density at radius 1 is 1.50 bits per heavy atom. The third kappa shape index (κ3) is 2.43. The standard InChI is InChI=1S/C12H17NO2S/c1-8-10(7-11(14)15-2)16-12(13-8)9-5-3-4-6-9/h9H,3-7H2,1-2H3. The number of rotatable bonds is 3. The lowest BCUT2D eigenvalue weighted by Gasteiger charge is -2.02. The number of ether oxygens (including phenoxy) is 1. The predicted octanol–water partition coefficient (Wildman–Crippen LogP) is 2.82. The summed E-state index contributed by atoms with van der Waals surface area (Å²) in [5.41, 5.74) is 0.998. The first kappa shape index (κ1) is 11.6. The highest BCUT2D eigenvalue weighted by Crippen LogP contribution is 2.37. The summed E-state index contributed by atoms with van der Waals surface area (Å²) in [6, 6.07) is 0. The molecule has 0 bridgehead atoms. The molecule has 0 spiro atoms. The molecule has 0 aromatic carbocycles. The molecule has 1 heterocycles. The van der Waals surface area contributed by atoms with Gasteiger partial charge in [-0.3, -0.25) is 4.79 Å². The Kier molecular flexibility index (Phi) is 3.59. The number of carbonyl (C=O) groups is 1. The molecule has 1 aliphatic carbocycles. The second kappa shape index (κ2) is 4.95. The number of aromatic nitrogens is 1. The van der Waals surface area contributed by atoms with Gasteiger partial charge in [0, 0.05) is 10.8 Å². The Morgan fingerprint density at radius 3 is 2.81 bits per heavy atom. The Labute approximate surface area is 99.8 Å². The van der Waals surface area contributed by atoms with Gasteiger partial charge in [-0.2, -0.15) is 0 Å². The summed E-state index contributed by atoms with van der Waals surface area (Å²) in [4.78, 5) is 16.9. The van der Waals surface area contributed by atoms with Crippen molar-refractivity contribution in [1.82, 2.24) is 4.98 Å². The number of thiazole rings is 1. The molecule has 1 fully saturated rings. The number of hydrogen-bond donors (Lipinski definition) is 0. The van der Waals surface area contributed by atoms with Crippen LogP contribution in [0.25, 0.3) is 0 Å². The molecular weight excluding hydrogens is 222 g/mol. The van der Waals surface area contributed by atoms with Crippen molar-refractivity contribution in [3.8, 4) is 0 Å². The largest absolute Gasteiger partial charge is 0.469 e. The number of carbonyl (C=O) groups excluding carboxylic acids is 1. The van der Waals surface area contributed by atoms with E-state index in [1.807, 2.05) is 6.92 Å². The van der Waals surface area contributed by atoms with E-state index >= 15 is 0 Å². The molecule has 1 saturated carbocycles. The van der Waals surface area contributed by atoms with Gasteiger partial charge in [-0.25, -0.2) is 4.98 Å². The quantitative estimate of drug-likeness (QED) is 0.761. The van der Waals surface area contributed by atoms with Gasteiger partial charge in [-0.1, -0.05) is 12.8 Å². The fourth-order valence-electron chi connectivity index (χ4n) is 2.17. The van der Waals surface area contributed by atoms with Gasteiger partial charge in [0.2, 0.25) is 0 Å². The summed E-state index contributed by atoms with van der Waals surface area (Å²) in [7, 11) is 1.43. The Bertz CT molecular complexity index is 380. The number of aryl methyl sites for hydroxylation is 1. The van der Waals surface area contributed by atoms with Crippen LogP contribution in [0.15, 0.2) is 0 Å². The fourth-order valence-corrected chi connectivity index (χ4v) is 3.39. The third-order valence-corrected chi connectivity index (χ3v) is 4.47. The molecule has 1 aromatic heterocycles. The lowest BCUT2D eigenvalue weighted by Crippen LogP contribution is -2.03. The molecular formula is C12H17NO2S. The van der Waals surface area contributed by atoms with E-state index in [0.29, 0.717) is 12.3 Å². The van der Waals surface area contributed by atoms with Crippen LogP contribution in [0.4, 0.5) is 0 Å². The van der Waals surface area contributed by atoms with Crippen molar-refractivity contribution in [2.75, 3.05) is 7.11 Å². The van der Waals surface area contributed by atoms with Gasteiger partial charge < -0.3 is 4.74 Å². The van der Waals surface area contributed by atoms with Crippen molar-refractivity contribution in [1.29, 1.82) is 0 Å². The van der Waals surface area contributed by atoms with E-state index in [0.717, 1.165) is 10.6 Å². The Balaban J connectivity index is 2.11. The maximum absolute atomic E-state index is 11.2. The van der Waals surface area contributed by atoms with Gasteiger partial charge in [0.05, 0.1) is 24.2 Å². The highest BCUT2D eigenvalue weighted by Gasteiger charge is 2.22. The number of esters is 1. The third-order valence-electron chi connectivity index (χ3n) is 3.15. The molecule has 0 radical (unpaired) electrons. The molecule has 4 heteroatoms. The van der Waals surface area contributed by atoms with Gasteiger partial charge in [-0.15, -0.1) is 11.3 Å². The van der Waals surface area contributed by atoms with Crippen LogP contribution in [-0.2, 0) is 16.0 Å². The second-order valence-corrected chi connectivity index (χ2v) is 5.41. The molecule has 1 aromatic rings. The Morgan fingerprint density at radius 2 is 2.19 bits per heavy atom. The fraction of sp³-hybridized carbons (Fsp3) is 0.667. The smallest absolute Gasteiger partial charge is 0.310 e. The predicted molar refractivity (Wildman–Crippen MR) is 63.8 cm³/mol. The van der Waals surface area contributed by atoms with Crippen molar-refractivity contribution in [3.63, 3.8) is 0 Å². The molecule has 88 valence electrons. The van der Waals surface area contributed by atoms with Crippen molar-refractivity contribution < 1.29 is 9.53 Å². The van der Waals surface area contributed by atoms with E-state index in [4.69, 9.17) is 0 Å². The summed E-state index contributed by atoms with van der Waals surface area (Å²) in [6.45, 7) is 1.98. The number of nitrogens with zero attached hydrogens (tertiary/aromatic N) is 1. The maximum Gasteiger partial charge on any atom is 0.310 e. The molecule has 3 nitrogen and oxygen atoms in total. The summed E-state index contributed by atoms with van der Waals surface area (Å²) in [5, 5.41) is 1.22. The van der Waals surface area contributed by atoms with Crippen LogP contribution < -0.4 is 0 Å². The van der Waals surface area contributed by atoms with Crippen LogP contribution in [0.5, 0.6) is 0 Å². The molecule has 1 aliphatic rings. The van der Waals surface area contributed by atoms with Crippen LogP contribution in [-0.4, -0.2) is 18.1 Å². The molecule has 0 aliphatic heterocycles. The Hall–Kier alpha value is -0.900. The topological polar surface area (TPSA) is 39.2 Å². The highest BCUT2D eigenvalue weighted by atomic mass is 32.1. The van der Waals surface area contributed by atoms with Gasteiger partial charge in [0.1, 0.15) is 0 Å². The first-order valence-electron chi connectivity index (χ1n) is 5.73. The van der Waals surface area contributed by atoms with E-state index in [9.17, 15) is 4.79 Å². The maximum atomic E-state index is 11.2. The summed E-state index contributed by atoms with van der Waals surface area (Å²) < 4.78 is 4.68. The minimum Gasteiger partial charge on any atom is -0.469 e. The second-order valence-electron chi connectivity index (χ2n) is 4.29. The van der Waals surface area contributed by atoms with Crippen LogP contribution in [0.1, 0.15) is 47.2 Å². The minimum atomic E-state index is -0.176. The zero-order chi connectivity index (χ0) is 11.5. The van der Waals surface area contributed by atoms with Crippen molar-refractivity contribution in [2.24, 2.45) is 0 Å². The van der Waals surface area contributed by atoms with Crippen LogP contribution in [0.3, 0.4) is 0 Å². The van der Waals surface area contributed by atoms with Gasteiger partial charge >= 0.3 is 5.97 Å². The molecule has 0 amide bonds. The minimum absolute atomic E-state index is 0.176. The van der Waals surface area contributed by atoms with Gasteiger partial charge in [0.25, 0.3) is 0 Å². The lowest BCUT2D eigenvalue weighted by molar-refractivity contribution is -0.139. The average Bonchev–Trinajstić information content (AvgIpc) is 2.88. The number of methoxy groups -OCH3 is 1. The average molecular weight is 239 g/mol.